The number of aliphatic hydroxyl groups is 1. The lowest BCUT2D eigenvalue weighted by molar-refractivity contribution is -0.133. The van der Waals surface area contributed by atoms with Gasteiger partial charge in [0.05, 0.1) is 12.0 Å². The Bertz CT molecular complexity index is 458. The number of hydrogen-bond donors (Lipinski definition) is 1. The van der Waals surface area contributed by atoms with Gasteiger partial charge in [-0.05, 0) is 50.8 Å². The summed E-state index contributed by atoms with van der Waals surface area (Å²) in [6, 6.07) is 8.12. The van der Waals surface area contributed by atoms with Gasteiger partial charge in [0.1, 0.15) is 0 Å². The van der Waals surface area contributed by atoms with Crippen molar-refractivity contribution >= 4 is 21.8 Å². The first-order valence-electron chi connectivity index (χ1n) is 7.23. The number of benzene rings is 1. The molecule has 110 valence electrons. The number of aliphatic hydroxyl groups excluding tert-OH is 1. The summed E-state index contributed by atoms with van der Waals surface area (Å²) in [6.07, 6.45) is 2.37. The summed E-state index contributed by atoms with van der Waals surface area (Å²) >= 11 is 3.41. The number of carbonyl (C=O) groups is 1. The van der Waals surface area contributed by atoms with Crippen LogP contribution in [0.15, 0.2) is 28.7 Å². The number of halogens is 1. The quantitative estimate of drug-likeness (QED) is 0.914. The number of carbonyl (C=O) groups excluding carboxylic acids is 1. The molecule has 0 bridgehead atoms. The van der Waals surface area contributed by atoms with Crippen molar-refractivity contribution in [2.75, 3.05) is 6.54 Å². The Morgan fingerprint density at radius 3 is 2.65 bits per heavy atom. The zero-order valence-corrected chi connectivity index (χ0v) is 13.6. The fraction of sp³-hybridized carbons (Fsp3) is 0.562. The molecule has 0 aliphatic carbocycles. The van der Waals surface area contributed by atoms with Crippen LogP contribution >= 0.6 is 15.9 Å². The lowest BCUT2D eigenvalue weighted by Crippen LogP contribution is -2.39. The second kappa shape index (κ2) is 6.72. The van der Waals surface area contributed by atoms with E-state index in [4.69, 9.17) is 0 Å². The smallest absolute Gasteiger partial charge is 0.230 e. The topological polar surface area (TPSA) is 40.5 Å². The van der Waals surface area contributed by atoms with E-state index in [1.165, 1.54) is 0 Å². The second-order valence-electron chi connectivity index (χ2n) is 5.69. The fourth-order valence-electron chi connectivity index (χ4n) is 2.91. The highest BCUT2D eigenvalue weighted by molar-refractivity contribution is 9.10. The Balaban J connectivity index is 2.07. The van der Waals surface area contributed by atoms with Gasteiger partial charge in [-0.3, -0.25) is 4.79 Å². The van der Waals surface area contributed by atoms with Crippen molar-refractivity contribution in [3.05, 3.63) is 34.3 Å². The van der Waals surface area contributed by atoms with Crippen LogP contribution in [0.2, 0.25) is 0 Å². The van der Waals surface area contributed by atoms with Gasteiger partial charge in [0.2, 0.25) is 5.91 Å². The summed E-state index contributed by atoms with van der Waals surface area (Å²) in [6.45, 7) is 4.57. The van der Waals surface area contributed by atoms with Crippen LogP contribution in [0.25, 0.3) is 0 Å². The average Bonchev–Trinajstić information content (AvgIpc) is 2.85. The molecule has 0 aromatic heterocycles. The van der Waals surface area contributed by atoms with Crippen molar-refractivity contribution in [2.45, 2.75) is 51.2 Å². The fourth-order valence-corrected chi connectivity index (χ4v) is 3.17. The van der Waals surface area contributed by atoms with Gasteiger partial charge >= 0.3 is 0 Å². The first-order valence-corrected chi connectivity index (χ1v) is 8.02. The molecule has 1 heterocycles. The molecule has 1 aliphatic rings. The molecule has 1 aromatic carbocycles. The molecule has 3 nitrogen and oxygen atoms in total. The predicted octanol–water partition coefficient (Wildman–Crippen LogP) is 3.31. The largest absolute Gasteiger partial charge is 0.393 e. The van der Waals surface area contributed by atoms with Gasteiger partial charge < -0.3 is 10.0 Å². The van der Waals surface area contributed by atoms with Crippen LogP contribution < -0.4 is 0 Å². The lowest BCUT2D eigenvalue weighted by atomic mass is 9.98. The van der Waals surface area contributed by atoms with E-state index < -0.39 is 0 Å². The Morgan fingerprint density at radius 1 is 1.40 bits per heavy atom. The Hall–Kier alpha value is -0.870. The SMILES string of the molecule is CC(O)CC1CCCN1C(=O)C(C)c1ccc(Br)cc1. The van der Waals surface area contributed by atoms with E-state index in [1.54, 1.807) is 6.92 Å². The molecule has 1 N–H and O–H groups in total. The Morgan fingerprint density at radius 2 is 2.05 bits per heavy atom. The van der Waals surface area contributed by atoms with Crippen molar-refractivity contribution in [3.63, 3.8) is 0 Å². The zero-order chi connectivity index (χ0) is 14.7. The van der Waals surface area contributed by atoms with Gasteiger partial charge in [-0.15, -0.1) is 0 Å². The van der Waals surface area contributed by atoms with E-state index in [9.17, 15) is 9.90 Å². The number of rotatable bonds is 4. The van der Waals surface area contributed by atoms with Crippen molar-refractivity contribution < 1.29 is 9.90 Å². The predicted molar refractivity (Wildman–Crippen MR) is 83.6 cm³/mol. The third-order valence-electron chi connectivity index (χ3n) is 4.01. The molecule has 20 heavy (non-hydrogen) atoms. The Labute approximate surface area is 129 Å². The molecule has 0 saturated carbocycles. The van der Waals surface area contributed by atoms with Crippen LogP contribution in [0.5, 0.6) is 0 Å². The van der Waals surface area contributed by atoms with Crippen LogP contribution in [0.1, 0.15) is 44.6 Å². The molecule has 1 aliphatic heterocycles. The van der Waals surface area contributed by atoms with E-state index in [0.717, 1.165) is 29.4 Å². The van der Waals surface area contributed by atoms with Gasteiger partial charge in [0.25, 0.3) is 0 Å². The molecule has 1 aromatic rings. The van der Waals surface area contributed by atoms with E-state index >= 15 is 0 Å². The summed E-state index contributed by atoms with van der Waals surface area (Å²) in [5.41, 5.74) is 1.04. The summed E-state index contributed by atoms with van der Waals surface area (Å²) in [7, 11) is 0. The minimum atomic E-state index is -0.351. The van der Waals surface area contributed by atoms with E-state index in [2.05, 4.69) is 15.9 Å². The van der Waals surface area contributed by atoms with Crippen molar-refractivity contribution in [1.82, 2.24) is 4.90 Å². The molecular weight excluding hydrogens is 318 g/mol. The lowest BCUT2D eigenvalue weighted by Gasteiger charge is -2.28. The number of likely N-dealkylation sites (tertiary alicyclic amines) is 1. The van der Waals surface area contributed by atoms with E-state index in [1.807, 2.05) is 36.1 Å². The van der Waals surface area contributed by atoms with Crippen LogP contribution in [0, 0.1) is 0 Å². The van der Waals surface area contributed by atoms with Crippen LogP contribution in [0.4, 0.5) is 0 Å². The minimum Gasteiger partial charge on any atom is -0.393 e. The third-order valence-corrected chi connectivity index (χ3v) is 4.54. The van der Waals surface area contributed by atoms with Crippen molar-refractivity contribution in [2.24, 2.45) is 0 Å². The molecule has 0 radical (unpaired) electrons. The van der Waals surface area contributed by atoms with Crippen molar-refractivity contribution in [3.8, 4) is 0 Å². The van der Waals surface area contributed by atoms with Crippen LogP contribution in [0.3, 0.4) is 0 Å². The van der Waals surface area contributed by atoms with Crippen molar-refractivity contribution in [1.29, 1.82) is 0 Å². The van der Waals surface area contributed by atoms with Gasteiger partial charge in [-0.1, -0.05) is 28.1 Å². The number of amides is 1. The summed E-state index contributed by atoms with van der Waals surface area (Å²) in [5, 5.41) is 9.56. The minimum absolute atomic E-state index is 0.127. The molecule has 2 rings (SSSR count). The van der Waals surface area contributed by atoms with E-state index in [0.29, 0.717) is 6.42 Å². The Kier molecular flexibility index (Phi) is 5.22. The summed E-state index contributed by atoms with van der Waals surface area (Å²) in [5.74, 6) is 0.0492. The van der Waals surface area contributed by atoms with Gasteiger partial charge in [-0.2, -0.15) is 0 Å². The maximum Gasteiger partial charge on any atom is 0.230 e. The maximum atomic E-state index is 12.7. The number of hydrogen-bond acceptors (Lipinski definition) is 2. The van der Waals surface area contributed by atoms with Crippen LogP contribution in [-0.4, -0.2) is 34.6 Å². The highest BCUT2D eigenvalue weighted by atomic mass is 79.9. The molecule has 3 unspecified atom stereocenters. The molecule has 1 saturated heterocycles. The average molecular weight is 340 g/mol. The van der Waals surface area contributed by atoms with E-state index in [-0.39, 0.29) is 24.0 Å². The molecule has 1 fully saturated rings. The highest BCUT2D eigenvalue weighted by Crippen LogP contribution is 2.27. The van der Waals surface area contributed by atoms with Gasteiger partial charge in [0.15, 0.2) is 0 Å². The van der Waals surface area contributed by atoms with Gasteiger partial charge in [0, 0.05) is 17.1 Å². The molecule has 3 atom stereocenters. The van der Waals surface area contributed by atoms with Gasteiger partial charge in [-0.25, -0.2) is 0 Å². The molecular formula is C16H22BrNO2. The standard InChI is InChI=1S/C16H22BrNO2/c1-11(19)10-15-4-3-9-18(15)16(20)12(2)13-5-7-14(17)8-6-13/h5-8,11-12,15,19H,3-4,9-10H2,1-2H3. The van der Waals surface area contributed by atoms with Crippen LogP contribution in [-0.2, 0) is 4.79 Å². The summed E-state index contributed by atoms with van der Waals surface area (Å²) in [4.78, 5) is 14.6. The molecule has 1 amide bonds. The maximum absolute atomic E-state index is 12.7. The second-order valence-corrected chi connectivity index (χ2v) is 6.60. The molecule has 4 heteroatoms. The summed E-state index contributed by atoms with van der Waals surface area (Å²) < 4.78 is 1.02. The highest BCUT2D eigenvalue weighted by Gasteiger charge is 2.32. The number of nitrogens with zero attached hydrogens (tertiary/aromatic N) is 1. The monoisotopic (exact) mass is 339 g/mol. The normalized spacial score (nSPS) is 21.8. The first kappa shape index (κ1) is 15.5. The zero-order valence-electron chi connectivity index (χ0n) is 12.1. The molecule has 0 spiro atoms. The first-order chi connectivity index (χ1) is 9.49. The third kappa shape index (κ3) is 3.61.